The zero-order valence-electron chi connectivity index (χ0n) is 13.0. The number of rotatable bonds is 6. The molecule has 0 aromatic heterocycles. The Hall–Kier alpha value is -1.56. The van der Waals surface area contributed by atoms with E-state index in [1.165, 1.54) is 31.2 Å². The zero-order chi connectivity index (χ0) is 16.0. The summed E-state index contributed by atoms with van der Waals surface area (Å²) in [6.07, 6.45) is 5.54. The number of benzene rings is 1. The van der Waals surface area contributed by atoms with Crippen LogP contribution >= 0.6 is 0 Å². The summed E-state index contributed by atoms with van der Waals surface area (Å²) in [5, 5.41) is 2.81. The number of nitrogens with one attached hydrogen (secondary N) is 1. The van der Waals surface area contributed by atoms with E-state index in [0.717, 1.165) is 18.8 Å². The van der Waals surface area contributed by atoms with Gasteiger partial charge in [0.25, 0.3) is 0 Å². The molecule has 22 heavy (non-hydrogen) atoms. The van der Waals surface area contributed by atoms with Crippen LogP contribution in [0.4, 0.5) is 11.4 Å². The van der Waals surface area contributed by atoms with Crippen LogP contribution in [0.5, 0.6) is 0 Å². The normalized spacial score (nSPS) is 15.6. The number of carbonyl (C=O) groups excluding carboxylic acids is 1. The molecule has 0 atom stereocenters. The fourth-order valence-electron chi connectivity index (χ4n) is 2.63. The van der Waals surface area contributed by atoms with Crippen LogP contribution in [0.15, 0.2) is 24.3 Å². The third kappa shape index (κ3) is 5.67. The summed E-state index contributed by atoms with van der Waals surface area (Å²) < 4.78 is 22.0. The monoisotopic (exact) mass is 324 g/mol. The highest BCUT2D eigenvalue weighted by molar-refractivity contribution is 7.90. The van der Waals surface area contributed by atoms with Crippen LogP contribution in [-0.2, 0) is 14.6 Å². The van der Waals surface area contributed by atoms with Gasteiger partial charge in [0.05, 0.1) is 5.75 Å². The Bertz CT molecular complexity index is 590. The van der Waals surface area contributed by atoms with Crippen molar-refractivity contribution in [2.45, 2.75) is 32.1 Å². The van der Waals surface area contributed by atoms with E-state index >= 15 is 0 Å². The van der Waals surface area contributed by atoms with Crippen molar-refractivity contribution in [3.8, 4) is 0 Å². The molecule has 1 amide bonds. The van der Waals surface area contributed by atoms with Gasteiger partial charge in [-0.3, -0.25) is 4.79 Å². The molecule has 0 unspecified atom stereocenters. The standard InChI is InChI=1S/C16H24N2O3S/c1-22(20,21)13-5-6-16(19)17-14-7-9-15(10-8-14)18-11-3-2-4-12-18/h7-10H,2-6,11-13H2,1H3,(H,17,19). The van der Waals surface area contributed by atoms with Gasteiger partial charge in [-0.25, -0.2) is 8.42 Å². The number of hydrogen-bond acceptors (Lipinski definition) is 4. The van der Waals surface area contributed by atoms with Gasteiger partial charge in [0.1, 0.15) is 9.84 Å². The topological polar surface area (TPSA) is 66.5 Å². The quantitative estimate of drug-likeness (QED) is 0.873. The van der Waals surface area contributed by atoms with Crippen LogP contribution in [0.25, 0.3) is 0 Å². The molecule has 1 aromatic carbocycles. The van der Waals surface area contributed by atoms with Gasteiger partial charge in [0, 0.05) is 37.1 Å². The van der Waals surface area contributed by atoms with Gasteiger partial charge in [-0.15, -0.1) is 0 Å². The molecule has 0 saturated carbocycles. The lowest BCUT2D eigenvalue weighted by Gasteiger charge is -2.28. The highest BCUT2D eigenvalue weighted by Gasteiger charge is 2.11. The van der Waals surface area contributed by atoms with Crippen LogP contribution < -0.4 is 10.2 Å². The highest BCUT2D eigenvalue weighted by atomic mass is 32.2. The van der Waals surface area contributed by atoms with Gasteiger partial charge < -0.3 is 10.2 Å². The fourth-order valence-corrected chi connectivity index (χ4v) is 3.29. The minimum absolute atomic E-state index is 0.0499. The third-order valence-electron chi connectivity index (χ3n) is 3.79. The number of sulfone groups is 1. The highest BCUT2D eigenvalue weighted by Crippen LogP contribution is 2.21. The van der Waals surface area contributed by atoms with Crippen molar-refractivity contribution in [2.24, 2.45) is 0 Å². The van der Waals surface area contributed by atoms with E-state index in [-0.39, 0.29) is 18.1 Å². The zero-order valence-corrected chi connectivity index (χ0v) is 13.9. The number of anilines is 2. The van der Waals surface area contributed by atoms with Crippen molar-refractivity contribution in [1.82, 2.24) is 0 Å². The Morgan fingerprint density at radius 1 is 1.14 bits per heavy atom. The second kappa shape index (κ2) is 7.63. The van der Waals surface area contributed by atoms with Crippen LogP contribution in [0, 0.1) is 0 Å². The second-order valence-electron chi connectivity index (χ2n) is 5.88. The Labute approximate surface area is 132 Å². The van der Waals surface area contributed by atoms with E-state index in [9.17, 15) is 13.2 Å². The van der Waals surface area contributed by atoms with E-state index in [4.69, 9.17) is 0 Å². The third-order valence-corrected chi connectivity index (χ3v) is 4.82. The smallest absolute Gasteiger partial charge is 0.224 e. The Kier molecular flexibility index (Phi) is 5.83. The molecule has 6 heteroatoms. The molecule has 1 aliphatic heterocycles. The maximum Gasteiger partial charge on any atom is 0.224 e. The van der Waals surface area contributed by atoms with Crippen LogP contribution in [0.3, 0.4) is 0 Å². The van der Waals surface area contributed by atoms with E-state index in [1.807, 2.05) is 24.3 Å². The summed E-state index contributed by atoms with van der Waals surface area (Å²) in [4.78, 5) is 14.1. The van der Waals surface area contributed by atoms with Crippen molar-refractivity contribution in [2.75, 3.05) is 35.3 Å². The first-order valence-electron chi connectivity index (χ1n) is 7.77. The summed E-state index contributed by atoms with van der Waals surface area (Å²) in [5.74, 6) is -0.0942. The molecule has 2 rings (SSSR count). The van der Waals surface area contributed by atoms with E-state index in [2.05, 4.69) is 10.2 Å². The summed E-state index contributed by atoms with van der Waals surface area (Å²) >= 11 is 0. The number of hydrogen-bond donors (Lipinski definition) is 1. The van der Waals surface area contributed by atoms with Crippen LogP contribution in [0.1, 0.15) is 32.1 Å². The van der Waals surface area contributed by atoms with Gasteiger partial charge in [0.2, 0.25) is 5.91 Å². The Balaban J connectivity index is 1.81. The molecule has 5 nitrogen and oxygen atoms in total. The molecule has 1 heterocycles. The van der Waals surface area contributed by atoms with Crippen molar-refractivity contribution >= 4 is 27.1 Å². The minimum Gasteiger partial charge on any atom is -0.372 e. The predicted molar refractivity (Wildman–Crippen MR) is 90.1 cm³/mol. The maximum absolute atomic E-state index is 11.8. The van der Waals surface area contributed by atoms with Crippen molar-refractivity contribution in [3.05, 3.63) is 24.3 Å². The Morgan fingerprint density at radius 2 is 1.77 bits per heavy atom. The molecule has 1 N–H and O–H groups in total. The summed E-state index contributed by atoms with van der Waals surface area (Å²) in [5.41, 5.74) is 1.94. The molecule has 1 aromatic rings. The maximum atomic E-state index is 11.8. The summed E-state index contributed by atoms with van der Waals surface area (Å²) in [6.45, 7) is 2.19. The number of piperidine rings is 1. The number of nitrogens with zero attached hydrogens (tertiary/aromatic N) is 1. The van der Waals surface area contributed by atoms with Gasteiger partial charge in [-0.1, -0.05) is 0 Å². The largest absolute Gasteiger partial charge is 0.372 e. The lowest BCUT2D eigenvalue weighted by atomic mass is 10.1. The first-order chi connectivity index (χ1) is 10.4. The van der Waals surface area contributed by atoms with Crippen molar-refractivity contribution in [1.29, 1.82) is 0 Å². The van der Waals surface area contributed by atoms with Gasteiger partial charge in [-0.2, -0.15) is 0 Å². The number of carbonyl (C=O) groups is 1. The van der Waals surface area contributed by atoms with E-state index in [1.54, 1.807) is 0 Å². The van der Waals surface area contributed by atoms with Gasteiger partial charge >= 0.3 is 0 Å². The van der Waals surface area contributed by atoms with Gasteiger partial charge in [-0.05, 0) is 49.9 Å². The van der Waals surface area contributed by atoms with E-state index < -0.39 is 9.84 Å². The second-order valence-corrected chi connectivity index (χ2v) is 8.14. The lowest BCUT2D eigenvalue weighted by Crippen LogP contribution is -2.29. The van der Waals surface area contributed by atoms with Crippen LogP contribution in [0.2, 0.25) is 0 Å². The molecule has 0 aliphatic carbocycles. The lowest BCUT2D eigenvalue weighted by molar-refractivity contribution is -0.116. The molecule has 1 fully saturated rings. The van der Waals surface area contributed by atoms with Crippen LogP contribution in [-0.4, -0.2) is 39.4 Å². The summed E-state index contributed by atoms with van der Waals surface area (Å²) in [6, 6.07) is 7.85. The molecule has 0 spiro atoms. The predicted octanol–water partition coefficient (Wildman–Crippen LogP) is 2.44. The van der Waals surface area contributed by atoms with Gasteiger partial charge in [0.15, 0.2) is 0 Å². The number of amides is 1. The SMILES string of the molecule is CS(=O)(=O)CCCC(=O)Nc1ccc(N2CCCCC2)cc1. The molecular formula is C16H24N2O3S. The molecule has 0 radical (unpaired) electrons. The van der Waals surface area contributed by atoms with Crippen molar-refractivity contribution in [3.63, 3.8) is 0 Å². The Morgan fingerprint density at radius 3 is 2.36 bits per heavy atom. The first kappa shape index (κ1) is 16.8. The molecular weight excluding hydrogens is 300 g/mol. The van der Waals surface area contributed by atoms with E-state index in [0.29, 0.717) is 6.42 Å². The molecule has 1 saturated heterocycles. The molecule has 122 valence electrons. The first-order valence-corrected chi connectivity index (χ1v) is 9.83. The molecule has 1 aliphatic rings. The average Bonchev–Trinajstić information content (AvgIpc) is 2.47. The minimum atomic E-state index is -3.00. The fraction of sp³-hybridized carbons (Fsp3) is 0.562. The molecule has 0 bridgehead atoms. The average molecular weight is 324 g/mol. The van der Waals surface area contributed by atoms with Crippen molar-refractivity contribution < 1.29 is 13.2 Å². The summed E-state index contributed by atoms with van der Waals surface area (Å²) in [7, 11) is -3.00.